The van der Waals surface area contributed by atoms with Gasteiger partial charge in [0.2, 0.25) is 6.10 Å². The number of nitrogens with zero attached hydrogens (tertiary/aromatic N) is 1. The summed E-state index contributed by atoms with van der Waals surface area (Å²) in [6, 6.07) is 4.13. The van der Waals surface area contributed by atoms with Crippen LogP contribution in [0.2, 0.25) is 0 Å². The van der Waals surface area contributed by atoms with E-state index < -0.39 is 34.1 Å². The molecule has 1 rings (SSSR count). The van der Waals surface area contributed by atoms with Gasteiger partial charge in [-0.15, -0.1) is 0 Å². The van der Waals surface area contributed by atoms with Gasteiger partial charge in [-0.1, -0.05) is 0 Å². The summed E-state index contributed by atoms with van der Waals surface area (Å²) >= 11 is 0. The van der Waals surface area contributed by atoms with Crippen molar-refractivity contribution in [2.75, 3.05) is 24.7 Å². The molecule has 0 heterocycles. The van der Waals surface area contributed by atoms with Crippen molar-refractivity contribution >= 4 is 21.8 Å². The number of halogens is 3. The molecule has 0 aliphatic heterocycles. The number of aryl methyl sites for hydroxylation is 1. The van der Waals surface area contributed by atoms with Crippen LogP contribution >= 0.6 is 0 Å². The number of ether oxygens (including phenoxy) is 1. The molecule has 0 saturated carbocycles. The van der Waals surface area contributed by atoms with E-state index in [4.69, 9.17) is 4.55 Å². The number of alkyl halides is 3. The Hall–Kier alpha value is -1.81. The summed E-state index contributed by atoms with van der Waals surface area (Å²) < 4.78 is 72.2. The van der Waals surface area contributed by atoms with Crippen LogP contribution in [0.25, 0.3) is 0 Å². The van der Waals surface area contributed by atoms with Crippen molar-refractivity contribution in [1.82, 2.24) is 0 Å². The van der Waals surface area contributed by atoms with Crippen molar-refractivity contribution in [3.8, 4) is 0 Å². The molecule has 1 aromatic rings. The fraction of sp³-hybridized carbons (Fsp3) is 0.462. The molecule has 1 aromatic carbocycles. The lowest BCUT2D eigenvalue weighted by molar-refractivity contribution is -0.197. The zero-order valence-electron chi connectivity index (χ0n) is 12.6. The molecular formula is C13H16F3NO5S. The van der Waals surface area contributed by atoms with Crippen molar-refractivity contribution < 1.29 is 35.7 Å². The van der Waals surface area contributed by atoms with E-state index in [0.29, 0.717) is 5.56 Å². The van der Waals surface area contributed by atoms with Gasteiger partial charge in [0.05, 0.1) is 5.56 Å². The summed E-state index contributed by atoms with van der Waals surface area (Å²) in [7, 11) is -1.45. The molecule has 0 aliphatic rings. The predicted octanol–water partition coefficient (Wildman–Crippen LogP) is 2.04. The highest BCUT2D eigenvalue weighted by Crippen LogP contribution is 2.26. The number of anilines is 1. The second-order valence-electron chi connectivity index (χ2n) is 5.08. The molecule has 0 saturated heterocycles. The van der Waals surface area contributed by atoms with E-state index in [2.05, 4.69) is 4.74 Å². The average molecular weight is 355 g/mol. The number of esters is 1. The summed E-state index contributed by atoms with van der Waals surface area (Å²) in [4.78, 5) is 13.6. The highest BCUT2D eigenvalue weighted by Gasteiger charge is 2.45. The van der Waals surface area contributed by atoms with Crippen LogP contribution in [-0.4, -0.2) is 51.1 Å². The highest BCUT2D eigenvalue weighted by atomic mass is 32.2. The minimum absolute atomic E-state index is 0.155. The second kappa shape index (κ2) is 6.75. The number of rotatable bonds is 5. The van der Waals surface area contributed by atoms with Gasteiger partial charge >= 0.3 is 12.1 Å². The average Bonchev–Trinajstić information content (AvgIpc) is 2.34. The molecule has 23 heavy (non-hydrogen) atoms. The molecule has 130 valence electrons. The summed E-state index contributed by atoms with van der Waals surface area (Å²) in [5.74, 6) is -3.08. The van der Waals surface area contributed by atoms with Gasteiger partial charge in [0.15, 0.2) is 0 Å². The van der Waals surface area contributed by atoms with E-state index in [9.17, 15) is 26.4 Å². The molecular weight excluding hydrogens is 339 g/mol. The molecule has 0 bridgehead atoms. The van der Waals surface area contributed by atoms with Gasteiger partial charge in [-0.25, -0.2) is 4.79 Å². The van der Waals surface area contributed by atoms with Gasteiger partial charge in [-0.3, -0.25) is 4.55 Å². The maximum Gasteiger partial charge on any atom is 0.426 e. The molecule has 0 fully saturated rings. The Labute approximate surface area is 131 Å². The number of hydrogen-bond donors (Lipinski definition) is 1. The zero-order valence-corrected chi connectivity index (χ0v) is 13.4. The highest BCUT2D eigenvalue weighted by molar-refractivity contribution is 7.85. The fourth-order valence-corrected chi connectivity index (χ4v) is 2.51. The minimum Gasteiger partial charge on any atom is -0.448 e. The largest absolute Gasteiger partial charge is 0.448 e. The molecule has 1 atom stereocenters. The van der Waals surface area contributed by atoms with Crippen LogP contribution < -0.4 is 4.90 Å². The van der Waals surface area contributed by atoms with Crippen molar-refractivity contribution in [1.29, 1.82) is 0 Å². The minimum atomic E-state index is -5.12. The van der Waals surface area contributed by atoms with Crippen LogP contribution in [0.4, 0.5) is 18.9 Å². The first-order chi connectivity index (χ1) is 10.3. The Bertz CT molecular complexity index is 685. The Morgan fingerprint density at radius 1 is 1.35 bits per heavy atom. The van der Waals surface area contributed by atoms with E-state index in [0.717, 1.165) is 5.69 Å². The fourth-order valence-electron chi connectivity index (χ4n) is 1.87. The molecule has 1 N–H and O–H groups in total. The third-order valence-corrected chi connectivity index (χ3v) is 3.61. The quantitative estimate of drug-likeness (QED) is 0.643. The lowest BCUT2D eigenvalue weighted by Gasteiger charge is -2.20. The Balaban J connectivity index is 3.02. The standard InChI is InChI=1S/C13H16F3NO5S/c1-8-6-9(4-5-10(8)17(2)3)12(18)22-11(13(14,15)16)7-23(19,20)21/h4-6,11H,7H2,1-3H3,(H,19,20,21). The summed E-state index contributed by atoms with van der Waals surface area (Å²) in [6.45, 7) is 1.66. The lowest BCUT2D eigenvalue weighted by Crippen LogP contribution is -2.39. The number of hydrogen-bond acceptors (Lipinski definition) is 5. The van der Waals surface area contributed by atoms with Crippen molar-refractivity contribution in [2.24, 2.45) is 0 Å². The Morgan fingerprint density at radius 2 is 1.91 bits per heavy atom. The molecule has 0 radical (unpaired) electrons. The van der Waals surface area contributed by atoms with E-state index >= 15 is 0 Å². The zero-order chi connectivity index (χ0) is 18.0. The lowest BCUT2D eigenvalue weighted by atomic mass is 10.1. The van der Waals surface area contributed by atoms with Crippen LogP contribution in [0.15, 0.2) is 18.2 Å². The van der Waals surface area contributed by atoms with Gasteiger partial charge in [-0.05, 0) is 30.7 Å². The van der Waals surface area contributed by atoms with Gasteiger partial charge in [-0.2, -0.15) is 21.6 Å². The summed E-state index contributed by atoms with van der Waals surface area (Å²) in [5, 5.41) is 0. The predicted molar refractivity (Wildman–Crippen MR) is 77.2 cm³/mol. The molecule has 0 aromatic heterocycles. The van der Waals surface area contributed by atoms with Crippen molar-refractivity contribution in [3.05, 3.63) is 29.3 Å². The normalized spacial score (nSPS) is 13.5. The second-order valence-corrected chi connectivity index (χ2v) is 6.58. The third-order valence-electron chi connectivity index (χ3n) is 2.89. The van der Waals surface area contributed by atoms with Crippen molar-refractivity contribution in [3.63, 3.8) is 0 Å². The van der Waals surface area contributed by atoms with Crippen LogP contribution in [-0.2, 0) is 14.9 Å². The Kier molecular flexibility index (Phi) is 5.65. The SMILES string of the molecule is Cc1cc(C(=O)OC(CS(=O)(=O)O)C(F)(F)F)ccc1N(C)C. The topological polar surface area (TPSA) is 83.9 Å². The van der Waals surface area contributed by atoms with E-state index in [1.807, 2.05) is 0 Å². The van der Waals surface area contributed by atoms with Gasteiger partial charge in [0.25, 0.3) is 10.1 Å². The molecule has 0 amide bonds. The van der Waals surface area contributed by atoms with Crippen molar-refractivity contribution in [2.45, 2.75) is 19.2 Å². The first kappa shape index (κ1) is 19.2. The molecule has 1 unspecified atom stereocenters. The Morgan fingerprint density at radius 3 is 2.30 bits per heavy atom. The number of carbonyl (C=O) groups excluding carboxylic acids is 1. The summed E-state index contributed by atoms with van der Waals surface area (Å²) in [6.07, 6.45) is -8.07. The summed E-state index contributed by atoms with van der Waals surface area (Å²) in [5.41, 5.74) is 1.23. The van der Waals surface area contributed by atoms with Crippen LogP contribution in [0.5, 0.6) is 0 Å². The number of carbonyl (C=O) groups is 1. The van der Waals surface area contributed by atoms with Crippen LogP contribution in [0.3, 0.4) is 0 Å². The molecule has 0 spiro atoms. The third kappa shape index (κ3) is 5.71. The van der Waals surface area contributed by atoms with Gasteiger partial charge < -0.3 is 9.64 Å². The van der Waals surface area contributed by atoms with Gasteiger partial charge in [0, 0.05) is 19.8 Å². The first-order valence-corrected chi connectivity index (χ1v) is 7.93. The smallest absolute Gasteiger partial charge is 0.426 e. The van der Waals surface area contributed by atoms with E-state index in [1.165, 1.54) is 18.2 Å². The monoisotopic (exact) mass is 355 g/mol. The maximum atomic E-state index is 12.7. The molecule has 6 nitrogen and oxygen atoms in total. The maximum absolute atomic E-state index is 12.7. The van der Waals surface area contributed by atoms with Crippen LogP contribution in [0.1, 0.15) is 15.9 Å². The van der Waals surface area contributed by atoms with Gasteiger partial charge in [0.1, 0.15) is 5.75 Å². The number of benzene rings is 1. The van der Waals surface area contributed by atoms with Crippen LogP contribution in [0, 0.1) is 6.92 Å². The first-order valence-electron chi connectivity index (χ1n) is 6.32. The van der Waals surface area contributed by atoms with E-state index in [1.54, 1.807) is 25.9 Å². The van der Waals surface area contributed by atoms with E-state index in [-0.39, 0.29) is 5.56 Å². The molecule has 10 heteroatoms. The molecule has 0 aliphatic carbocycles.